The van der Waals surface area contributed by atoms with Gasteiger partial charge in [0.25, 0.3) is 0 Å². The first-order valence-corrected chi connectivity index (χ1v) is 10.7. The minimum atomic E-state index is -0.459. The number of halogens is 3. The Labute approximate surface area is 180 Å². The number of nitrogens with zero attached hydrogens (tertiary/aromatic N) is 2. The van der Waals surface area contributed by atoms with E-state index in [0.29, 0.717) is 12.4 Å². The predicted molar refractivity (Wildman–Crippen MR) is 118 cm³/mol. The minimum Gasteiger partial charge on any atom is -0.490 e. The fourth-order valence-electron chi connectivity index (χ4n) is 3.84. The number of piperazine rings is 1. The van der Waals surface area contributed by atoms with E-state index < -0.39 is 5.82 Å². The molecule has 0 radical (unpaired) electrons. The van der Waals surface area contributed by atoms with Gasteiger partial charge in [-0.2, -0.15) is 0 Å². The molecule has 1 aromatic heterocycles. The highest BCUT2D eigenvalue weighted by Gasteiger charge is 2.18. The van der Waals surface area contributed by atoms with Gasteiger partial charge in [-0.05, 0) is 49.7 Å². The number of rotatable bonds is 7. The maximum atomic E-state index is 13.2. The number of hydrogen-bond acceptors (Lipinski definition) is 3. The molecule has 3 aromatic rings. The number of hydrogen-bond donors (Lipinski definition) is 1. The summed E-state index contributed by atoms with van der Waals surface area (Å²) in [6.07, 6.45) is 3.93. The Balaban J connectivity index is 1.20. The second kappa shape index (κ2) is 9.24. The molecule has 0 unspecified atom stereocenters. The van der Waals surface area contributed by atoms with Gasteiger partial charge >= 0.3 is 0 Å². The van der Waals surface area contributed by atoms with E-state index in [4.69, 9.17) is 27.9 Å². The van der Waals surface area contributed by atoms with E-state index in [1.807, 2.05) is 6.20 Å². The largest absolute Gasteiger partial charge is 0.490 e. The molecule has 29 heavy (non-hydrogen) atoms. The Bertz CT molecular complexity index is 947. The zero-order valence-electron chi connectivity index (χ0n) is 16.1. The summed E-state index contributed by atoms with van der Waals surface area (Å²) in [6, 6.07) is 11.0. The van der Waals surface area contributed by atoms with Crippen LogP contribution < -0.4 is 9.64 Å². The monoisotopic (exact) mass is 435 g/mol. The van der Waals surface area contributed by atoms with E-state index in [-0.39, 0.29) is 10.0 Å². The summed E-state index contributed by atoms with van der Waals surface area (Å²) >= 11 is 12.0. The van der Waals surface area contributed by atoms with Crippen molar-refractivity contribution >= 4 is 39.8 Å². The number of aromatic amines is 1. The number of ether oxygens (including phenoxy) is 1. The molecule has 0 saturated carbocycles. The van der Waals surface area contributed by atoms with Crippen LogP contribution >= 0.6 is 23.2 Å². The standard InChI is InChI=1S/C22H24Cl2FN3O/c23-18-14-16(25)15-19(24)22(18)29-13-2-1-8-27-9-11-28(12-10-27)21-5-3-4-20-17(21)6-7-26-20/h3-7,14-15,26H,1-2,8-13H2. The molecule has 0 amide bonds. The molecule has 4 rings (SSSR count). The molecular weight excluding hydrogens is 412 g/mol. The maximum Gasteiger partial charge on any atom is 0.156 e. The number of benzene rings is 2. The average Bonchev–Trinajstić information content (AvgIpc) is 3.19. The average molecular weight is 436 g/mol. The van der Waals surface area contributed by atoms with Crippen molar-refractivity contribution in [1.29, 1.82) is 0 Å². The fraction of sp³-hybridized carbons (Fsp3) is 0.364. The summed E-state index contributed by atoms with van der Waals surface area (Å²) in [6.45, 7) is 5.72. The summed E-state index contributed by atoms with van der Waals surface area (Å²) in [5, 5.41) is 1.71. The van der Waals surface area contributed by atoms with E-state index in [1.165, 1.54) is 28.7 Å². The van der Waals surface area contributed by atoms with Crippen molar-refractivity contribution in [2.24, 2.45) is 0 Å². The molecule has 2 heterocycles. The molecule has 4 nitrogen and oxygen atoms in total. The van der Waals surface area contributed by atoms with Gasteiger partial charge in [-0.3, -0.25) is 4.90 Å². The topological polar surface area (TPSA) is 31.5 Å². The van der Waals surface area contributed by atoms with Gasteiger partial charge in [0.2, 0.25) is 0 Å². The Morgan fingerprint density at radius 2 is 1.76 bits per heavy atom. The van der Waals surface area contributed by atoms with Gasteiger partial charge in [0.05, 0.1) is 16.7 Å². The molecule has 1 aliphatic heterocycles. The third kappa shape index (κ3) is 4.80. The first-order valence-electron chi connectivity index (χ1n) is 9.92. The summed E-state index contributed by atoms with van der Waals surface area (Å²) < 4.78 is 18.9. The summed E-state index contributed by atoms with van der Waals surface area (Å²) in [4.78, 5) is 8.24. The van der Waals surface area contributed by atoms with Crippen LogP contribution in [0.2, 0.25) is 10.0 Å². The van der Waals surface area contributed by atoms with Crippen LogP contribution in [0.4, 0.5) is 10.1 Å². The van der Waals surface area contributed by atoms with Gasteiger partial charge in [-0.25, -0.2) is 4.39 Å². The van der Waals surface area contributed by atoms with E-state index in [2.05, 4.69) is 39.0 Å². The molecule has 0 atom stereocenters. The first-order chi connectivity index (χ1) is 14.1. The SMILES string of the molecule is Fc1cc(Cl)c(OCCCCN2CCN(c3cccc4[nH]ccc34)CC2)c(Cl)c1. The molecule has 1 N–H and O–H groups in total. The van der Waals surface area contributed by atoms with Crippen LogP contribution in [-0.4, -0.2) is 49.2 Å². The molecule has 0 bridgehead atoms. The minimum absolute atomic E-state index is 0.212. The zero-order chi connectivity index (χ0) is 20.2. The van der Waals surface area contributed by atoms with Gasteiger partial charge in [-0.15, -0.1) is 0 Å². The number of anilines is 1. The zero-order valence-corrected chi connectivity index (χ0v) is 17.6. The van der Waals surface area contributed by atoms with Crippen molar-refractivity contribution < 1.29 is 9.13 Å². The number of aromatic nitrogens is 1. The van der Waals surface area contributed by atoms with Crippen molar-refractivity contribution in [3.05, 3.63) is 58.5 Å². The number of H-pyrrole nitrogens is 1. The highest BCUT2D eigenvalue weighted by molar-refractivity contribution is 6.37. The molecule has 154 valence electrons. The molecule has 0 aliphatic carbocycles. The van der Waals surface area contributed by atoms with E-state index >= 15 is 0 Å². The Hall–Kier alpha value is -1.95. The lowest BCUT2D eigenvalue weighted by atomic mass is 10.1. The fourth-order valence-corrected chi connectivity index (χ4v) is 4.41. The molecular formula is C22H24Cl2FN3O. The van der Waals surface area contributed by atoms with E-state index in [9.17, 15) is 4.39 Å². The number of nitrogens with one attached hydrogen (secondary N) is 1. The quantitative estimate of drug-likeness (QED) is 0.490. The van der Waals surface area contributed by atoms with Gasteiger partial charge in [0.15, 0.2) is 5.75 Å². The summed E-state index contributed by atoms with van der Waals surface area (Å²) in [7, 11) is 0. The molecule has 1 fully saturated rings. The molecule has 0 spiro atoms. The number of unbranched alkanes of at least 4 members (excludes halogenated alkanes) is 1. The first kappa shape index (κ1) is 20.3. The van der Waals surface area contributed by atoms with Gasteiger partial charge in [-0.1, -0.05) is 29.3 Å². The van der Waals surface area contributed by atoms with Crippen LogP contribution in [0, 0.1) is 5.82 Å². The lowest BCUT2D eigenvalue weighted by Crippen LogP contribution is -2.46. The van der Waals surface area contributed by atoms with Crippen LogP contribution in [0.25, 0.3) is 10.9 Å². The molecule has 1 aliphatic rings. The summed E-state index contributed by atoms with van der Waals surface area (Å²) in [5.74, 6) is -0.0958. The molecule has 7 heteroatoms. The van der Waals surface area contributed by atoms with Crippen molar-refractivity contribution in [3.63, 3.8) is 0 Å². The van der Waals surface area contributed by atoms with Gasteiger partial charge in [0, 0.05) is 49.0 Å². The van der Waals surface area contributed by atoms with E-state index in [0.717, 1.165) is 45.6 Å². The highest BCUT2D eigenvalue weighted by Crippen LogP contribution is 2.34. The van der Waals surface area contributed by atoms with Crippen LogP contribution in [0.5, 0.6) is 5.75 Å². The Kier molecular flexibility index (Phi) is 6.48. The lowest BCUT2D eigenvalue weighted by molar-refractivity contribution is 0.239. The van der Waals surface area contributed by atoms with Gasteiger partial charge < -0.3 is 14.6 Å². The third-order valence-electron chi connectivity index (χ3n) is 5.36. The van der Waals surface area contributed by atoms with Crippen LogP contribution in [0.3, 0.4) is 0 Å². The number of fused-ring (bicyclic) bond motifs is 1. The molecule has 1 saturated heterocycles. The maximum absolute atomic E-state index is 13.2. The second-order valence-electron chi connectivity index (χ2n) is 7.30. The normalized spacial score (nSPS) is 15.2. The van der Waals surface area contributed by atoms with Crippen LogP contribution in [-0.2, 0) is 0 Å². The van der Waals surface area contributed by atoms with E-state index in [1.54, 1.807) is 0 Å². The lowest BCUT2D eigenvalue weighted by Gasteiger charge is -2.36. The second-order valence-corrected chi connectivity index (χ2v) is 8.11. The molecule has 2 aromatic carbocycles. The van der Waals surface area contributed by atoms with Crippen molar-refractivity contribution in [2.75, 3.05) is 44.2 Å². The smallest absolute Gasteiger partial charge is 0.156 e. The van der Waals surface area contributed by atoms with Crippen LogP contribution in [0.15, 0.2) is 42.6 Å². The Morgan fingerprint density at radius 3 is 2.52 bits per heavy atom. The van der Waals surface area contributed by atoms with Crippen molar-refractivity contribution in [2.45, 2.75) is 12.8 Å². The van der Waals surface area contributed by atoms with Gasteiger partial charge in [0.1, 0.15) is 5.82 Å². The highest BCUT2D eigenvalue weighted by atomic mass is 35.5. The third-order valence-corrected chi connectivity index (χ3v) is 5.92. The Morgan fingerprint density at radius 1 is 1.00 bits per heavy atom. The summed E-state index contributed by atoms with van der Waals surface area (Å²) in [5.41, 5.74) is 2.50. The van der Waals surface area contributed by atoms with Crippen molar-refractivity contribution in [1.82, 2.24) is 9.88 Å². The predicted octanol–water partition coefficient (Wildman–Crippen LogP) is 5.60. The van der Waals surface area contributed by atoms with Crippen LogP contribution in [0.1, 0.15) is 12.8 Å². The van der Waals surface area contributed by atoms with Crippen molar-refractivity contribution in [3.8, 4) is 5.75 Å².